The second kappa shape index (κ2) is 7.04. The summed E-state index contributed by atoms with van der Waals surface area (Å²) in [5, 5.41) is 3.32. The van der Waals surface area contributed by atoms with Crippen LogP contribution in [-0.4, -0.2) is 35.4 Å². The molecule has 3 rings (SSSR count). The van der Waals surface area contributed by atoms with Crippen LogP contribution in [0.25, 0.3) is 0 Å². The fraction of sp³-hybridized carbons (Fsp3) is 0.600. The van der Waals surface area contributed by atoms with E-state index in [1.165, 1.54) is 5.56 Å². The van der Waals surface area contributed by atoms with Crippen LogP contribution in [0.15, 0.2) is 24.5 Å². The van der Waals surface area contributed by atoms with Crippen molar-refractivity contribution >= 4 is 18.3 Å². The molecule has 0 spiro atoms. The summed E-state index contributed by atoms with van der Waals surface area (Å²) in [7, 11) is 0. The maximum absolute atomic E-state index is 12.7. The maximum Gasteiger partial charge on any atom is 0.226 e. The Morgan fingerprint density at radius 2 is 1.90 bits per heavy atom. The monoisotopic (exact) mass is 295 g/mol. The van der Waals surface area contributed by atoms with Gasteiger partial charge in [-0.25, -0.2) is 0 Å². The van der Waals surface area contributed by atoms with Crippen LogP contribution in [0.5, 0.6) is 0 Å². The number of likely N-dealkylation sites (tertiary alicyclic amines) is 1. The Labute approximate surface area is 126 Å². The largest absolute Gasteiger partial charge is 0.335 e. The minimum absolute atomic E-state index is 0. The summed E-state index contributed by atoms with van der Waals surface area (Å²) < 4.78 is 0. The summed E-state index contributed by atoms with van der Waals surface area (Å²) in [5.74, 6) is 0.587. The van der Waals surface area contributed by atoms with Crippen LogP contribution in [0.4, 0.5) is 0 Å². The van der Waals surface area contributed by atoms with Crippen molar-refractivity contribution in [2.24, 2.45) is 5.92 Å². The highest BCUT2D eigenvalue weighted by Crippen LogP contribution is 2.33. The van der Waals surface area contributed by atoms with E-state index in [-0.39, 0.29) is 24.4 Å². The molecule has 0 aliphatic carbocycles. The number of hydrogen-bond acceptors (Lipinski definition) is 3. The number of aromatic nitrogens is 1. The number of hydrogen-bond donors (Lipinski definition) is 1. The zero-order chi connectivity index (χ0) is 13.1. The van der Waals surface area contributed by atoms with E-state index in [0.717, 1.165) is 45.3 Å². The highest BCUT2D eigenvalue weighted by molar-refractivity contribution is 5.85. The Kier molecular flexibility index (Phi) is 5.38. The van der Waals surface area contributed by atoms with E-state index in [4.69, 9.17) is 0 Å². The molecule has 0 radical (unpaired) electrons. The van der Waals surface area contributed by atoms with Crippen LogP contribution in [-0.2, 0) is 4.79 Å². The first-order valence-corrected chi connectivity index (χ1v) is 7.27. The zero-order valence-corrected chi connectivity index (χ0v) is 12.4. The average molecular weight is 296 g/mol. The van der Waals surface area contributed by atoms with E-state index < -0.39 is 0 Å². The van der Waals surface area contributed by atoms with Crippen molar-refractivity contribution in [3.05, 3.63) is 30.1 Å². The van der Waals surface area contributed by atoms with Gasteiger partial charge < -0.3 is 10.2 Å². The fourth-order valence-corrected chi connectivity index (χ4v) is 3.27. The Balaban J connectivity index is 0.00000147. The van der Waals surface area contributed by atoms with Gasteiger partial charge in [-0.3, -0.25) is 9.78 Å². The van der Waals surface area contributed by atoms with Crippen LogP contribution in [0.3, 0.4) is 0 Å². The van der Waals surface area contributed by atoms with Crippen LogP contribution >= 0.6 is 12.4 Å². The van der Waals surface area contributed by atoms with Crippen LogP contribution < -0.4 is 5.32 Å². The lowest BCUT2D eigenvalue weighted by molar-refractivity contribution is -0.137. The van der Waals surface area contributed by atoms with Gasteiger partial charge in [-0.15, -0.1) is 12.4 Å². The van der Waals surface area contributed by atoms with E-state index >= 15 is 0 Å². The predicted octanol–water partition coefficient (Wildman–Crippen LogP) is 2.17. The molecule has 2 saturated heterocycles. The zero-order valence-electron chi connectivity index (χ0n) is 11.6. The first-order valence-electron chi connectivity index (χ1n) is 7.27. The maximum atomic E-state index is 12.7. The van der Waals surface area contributed by atoms with Gasteiger partial charge >= 0.3 is 0 Å². The number of piperidine rings is 1. The van der Waals surface area contributed by atoms with Crippen molar-refractivity contribution in [2.45, 2.75) is 31.7 Å². The van der Waals surface area contributed by atoms with E-state index in [0.29, 0.717) is 5.91 Å². The fourth-order valence-electron chi connectivity index (χ4n) is 3.27. The Morgan fingerprint density at radius 3 is 2.60 bits per heavy atom. The molecule has 1 N–H and O–H groups in total. The first kappa shape index (κ1) is 15.3. The van der Waals surface area contributed by atoms with Gasteiger partial charge in [0.15, 0.2) is 0 Å². The van der Waals surface area contributed by atoms with Gasteiger partial charge in [0, 0.05) is 24.9 Å². The SMILES string of the molecule is Cl.O=C(C1CCNCC1)N1CCCC1c1ccncc1. The molecule has 1 amide bonds. The molecular weight excluding hydrogens is 274 g/mol. The molecule has 1 unspecified atom stereocenters. The molecule has 0 bridgehead atoms. The van der Waals surface area contributed by atoms with Crippen LogP contribution in [0, 0.1) is 5.92 Å². The summed E-state index contributed by atoms with van der Waals surface area (Å²) in [6, 6.07) is 4.35. The molecule has 2 fully saturated rings. The van der Waals surface area contributed by atoms with Crippen molar-refractivity contribution in [3.63, 3.8) is 0 Å². The van der Waals surface area contributed by atoms with Crippen molar-refractivity contribution in [3.8, 4) is 0 Å². The van der Waals surface area contributed by atoms with Crippen molar-refractivity contribution < 1.29 is 4.79 Å². The second-order valence-electron chi connectivity index (χ2n) is 5.49. The Hall–Kier alpha value is -1.13. The molecule has 1 aromatic heterocycles. The predicted molar refractivity (Wildman–Crippen MR) is 80.8 cm³/mol. The molecule has 20 heavy (non-hydrogen) atoms. The van der Waals surface area contributed by atoms with E-state index in [1.54, 1.807) is 0 Å². The number of amides is 1. The normalized spacial score (nSPS) is 23.4. The third-order valence-electron chi connectivity index (χ3n) is 4.32. The van der Waals surface area contributed by atoms with Gasteiger partial charge in [-0.05, 0) is 56.5 Å². The van der Waals surface area contributed by atoms with E-state index in [1.807, 2.05) is 24.5 Å². The molecular formula is C15H22ClN3O. The molecule has 110 valence electrons. The van der Waals surface area contributed by atoms with Crippen molar-refractivity contribution in [1.82, 2.24) is 15.2 Å². The van der Waals surface area contributed by atoms with E-state index in [9.17, 15) is 4.79 Å². The number of carbonyl (C=O) groups is 1. The highest BCUT2D eigenvalue weighted by atomic mass is 35.5. The third kappa shape index (κ3) is 3.13. The molecule has 0 saturated carbocycles. The lowest BCUT2D eigenvalue weighted by atomic mass is 9.95. The van der Waals surface area contributed by atoms with Gasteiger partial charge in [0.1, 0.15) is 0 Å². The lowest BCUT2D eigenvalue weighted by Crippen LogP contribution is -2.40. The Morgan fingerprint density at radius 1 is 1.20 bits per heavy atom. The molecule has 4 nitrogen and oxygen atoms in total. The lowest BCUT2D eigenvalue weighted by Gasteiger charge is -2.31. The average Bonchev–Trinajstić information content (AvgIpc) is 2.98. The van der Waals surface area contributed by atoms with Crippen molar-refractivity contribution in [1.29, 1.82) is 0 Å². The molecule has 2 aliphatic heterocycles. The first-order chi connectivity index (χ1) is 9.36. The quantitative estimate of drug-likeness (QED) is 0.909. The number of nitrogens with one attached hydrogen (secondary N) is 1. The topological polar surface area (TPSA) is 45.2 Å². The number of rotatable bonds is 2. The van der Waals surface area contributed by atoms with Crippen LogP contribution in [0.2, 0.25) is 0 Å². The number of halogens is 1. The molecule has 5 heteroatoms. The summed E-state index contributed by atoms with van der Waals surface area (Å²) in [6.07, 6.45) is 7.81. The molecule has 3 heterocycles. The third-order valence-corrected chi connectivity index (χ3v) is 4.32. The summed E-state index contributed by atoms with van der Waals surface area (Å²) in [6.45, 7) is 2.87. The van der Waals surface area contributed by atoms with Gasteiger partial charge in [0.25, 0.3) is 0 Å². The minimum atomic E-state index is 0. The molecule has 1 atom stereocenters. The minimum Gasteiger partial charge on any atom is -0.335 e. The van der Waals surface area contributed by atoms with Crippen LogP contribution in [0.1, 0.15) is 37.3 Å². The standard InChI is InChI=1S/C15H21N3O.ClH/c19-15(13-5-9-17-10-6-13)18-11-1-2-14(18)12-3-7-16-8-4-12;/h3-4,7-8,13-14,17H,1-2,5-6,9-11H2;1H. The Bertz CT molecular complexity index is 434. The van der Waals surface area contributed by atoms with Gasteiger partial charge in [0.2, 0.25) is 5.91 Å². The highest BCUT2D eigenvalue weighted by Gasteiger charge is 2.34. The summed E-state index contributed by atoms with van der Waals surface area (Å²) in [5.41, 5.74) is 1.23. The molecule has 1 aromatic rings. The molecule has 2 aliphatic rings. The molecule has 0 aromatic carbocycles. The summed E-state index contributed by atoms with van der Waals surface area (Å²) in [4.78, 5) is 18.8. The van der Waals surface area contributed by atoms with Gasteiger partial charge in [-0.1, -0.05) is 0 Å². The van der Waals surface area contributed by atoms with Gasteiger partial charge in [-0.2, -0.15) is 0 Å². The van der Waals surface area contributed by atoms with Crippen molar-refractivity contribution in [2.75, 3.05) is 19.6 Å². The summed E-state index contributed by atoms with van der Waals surface area (Å²) >= 11 is 0. The van der Waals surface area contributed by atoms with E-state index in [2.05, 4.69) is 15.2 Å². The number of nitrogens with zero attached hydrogens (tertiary/aromatic N) is 2. The second-order valence-corrected chi connectivity index (χ2v) is 5.49. The number of carbonyl (C=O) groups excluding carboxylic acids is 1. The van der Waals surface area contributed by atoms with Gasteiger partial charge in [0.05, 0.1) is 6.04 Å². The smallest absolute Gasteiger partial charge is 0.226 e. The number of pyridine rings is 1.